The van der Waals surface area contributed by atoms with E-state index in [-0.39, 0.29) is 38.5 Å². The lowest BCUT2D eigenvalue weighted by Crippen LogP contribution is -2.34. The summed E-state index contributed by atoms with van der Waals surface area (Å²) in [4.78, 5) is 23.0. The fraction of sp³-hybridized carbons (Fsp3) is 0.923. The van der Waals surface area contributed by atoms with E-state index in [0.717, 1.165) is 0 Å². The molecule has 0 aromatic rings. The zero-order valence-electron chi connectivity index (χ0n) is 24.8. The second-order valence-corrected chi connectivity index (χ2v) is 8.43. The van der Waals surface area contributed by atoms with E-state index in [2.05, 4.69) is 4.90 Å². The topological polar surface area (TPSA) is 187 Å². The van der Waals surface area contributed by atoms with E-state index >= 15 is 0 Å². The first-order valence-electron chi connectivity index (χ1n) is 14.1. The summed E-state index contributed by atoms with van der Waals surface area (Å²) >= 11 is 0. The standard InChI is InChI=1S/C26H52N2O13.ClH/c27-3-9-35-15-21-41-24-18-38-12-6-28(4-10-36-16-22-39-19-13-33-7-1-25(29)30)5-11-37-17-23-40-20-14-34-8-2-26(31)32;/h1-24,27H2,(H,29,30)(H,31,32);1H. The molecule has 15 nitrogen and oxygen atoms in total. The molecule has 0 amide bonds. The number of hydrogen-bond acceptors (Lipinski definition) is 13. The highest BCUT2D eigenvalue weighted by atomic mass is 35.5. The molecular weight excluding hydrogens is 584 g/mol. The molecule has 0 radical (unpaired) electrons. The molecule has 4 N–H and O–H groups in total. The van der Waals surface area contributed by atoms with Crippen LogP contribution in [0.4, 0.5) is 0 Å². The highest BCUT2D eigenvalue weighted by molar-refractivity contribution is 5.85. The summed E-state index contributed by atoms with van der Waals surface area (Å²) in [6, 6.07) is 0. The number of carbonyl (C=O) groups is 2. The van der Waals surface area contributed by atoms with Gasteiger partial charge in [0.2, 0.25) is 0 Å². The average Bonchev–Trinajstić information content (AvgIpc) is 2.94. The lowest BCUT2D eigenvalue weighted by Gasteiger charge is -2.22. The van der Waals surface area contributed by atoms with Gasteiger partial charge in [-0.3, -0.25) is 14.5 Å². The molecule has 0 unspecified atom stereocenters. The van der Waals surface area contributed by atoms with Crippen LogP contribution in [0.15, 0.2) is 0 Å². The predicted molar refractivity (Wildman–Crippen MR) is 155 cm³/mol. The third-order valence-electron chi connectivity index (χ3n) is 5.07. The molecule has 0 saturated heterocycles. The Bertz CT molecular complexity index is 546. The Morgan fingerprint density at radius 2 is 0.667 bits per heavy atom. The van der Waals surface area contributed by atoms with Crippen LogP contribution >= 0.6 is 12.4 Å². The number of halogens is 1. The van der Waals surface area contributed by atoms with Crippen LogP contribution < -0.4 is 5.73 Å². The van der Waals surface area contributed by atoms with Crippen molar-refractivity contribution in [3.05, 3.63) is 0 Å². The largest absolute Gasteiger partial charge is 0.481 e. The zero-order valence-corrected chi connectivity index (χ0v) is 25.6. The first-order chi connectivity index (χ1) is 20.1. The molecule has 0 aliphatic heterocycles. The van der Waals surface area contributed by atoms with Crippen LogP contribution in [0.2, 0.25) is 0 Å². The molecule has 42 heavy (non-hydrogen) atoms. The summed E-state index contributed by atoms with van der Waals surface area (Å²) in [5.74, 6) is -1.77. The Hall–Kier alpha value is -1.21. The molecule has 0 aromatic heterocycles. The van der Waals surface area contributed by atoms with Gasteiger partial charge in [0.1, 0.15) is 0 Å². The van der Waals surface area contributed by atoms with Gasteiger partial charge in [-0.05, 0) is 0 Å². The third kappa shape index (κ3) is 36.8. The molecule has 252 valence electrons. The average molecular weight is 637 g/mol. The number of carboxylic acid groups (broad SMARTS) is 2. The maximum absolute atomic E-state index is 10.4. The Labute approximate surface area is 255 Å². The molecule has 0 saturated carbocycles. The molecule has 0 spiro atoms. The summed E-state index contributed by atoms with van der Waals surface area (Å²) in [5, 5.41) is 17.1. The Morgan fingerprint density at radius 3 is 0.929 bits per heavy atom. The number of hydrogen-bond donors (Lipinski definition) is 3. The Balaban J connectivity index is 0. The van der Waals surface area contributed by atoms with E-state index in [9.17, 15) is 9.59 Å². The van der Waals surface area contributed by atoms with Gasteiger partial charge in [-0.25, -0.2) is 0 Å². The van der Waals surface area contributed by atoms with Crippen molar-refractivity contribution in [2.45, 2.75) is 12.8 Å². The van der Waals surface area contributed by atoms with Crippen LogP contribution in [0.1, 0.15) is 12.8 Å². The van der Waals surface area contributed by atoms with Gasteiger partial charge in [0.05, 0.1) is 132 Å². The summed E-state index contributed by atoms with van der Waals surface area (Å²) in [6.45, 7) is 10.3. The highest BCUT2D eigenvalue weighted by Gasteiger charge is 2.06. The molecule has 0 heterocycles. The minimum atomic E-state index is -0.886. The first-order valence-corrected chi connectivity index (χ1v) is 14.1. The normalized spacial score (nSPS) is 11.2. The SMILES string of the molecule is Cl.NCCOCCOCCOCCN(CCOCCOCCOCCC(=O)O)CCOCCOCCOCCC(=O)O. The summed E-state index contributed by atoms with van der Waals surface area (Å²) < 4.78 is 48.9. The summed E-state index contributed by atoms with van der Waals surface area (Å²) in [7, 11) is 0. The van der Waals surface area contributed by atoms with Crippen molar-refractivity contribution in [3.63, 3.8) is 0 Å². The van der Waals surface area contributed by atoms with Crippen LogP contribution in [0, 0.1) is 0 Å². The van der Waals surface area contributed by atoms with Crippen molar-refractivity contribution in [1.29, 1.82) is 0 Å². The molecule has 16 heteroatoms. The number of nitrogens with two attached hydrogens (primary N) is 1. The van der Waals surface area contributed by atoms with E-state index in [1.807, 2.05) is 0 Å². The van der Waals surface area contributed by atoms with E-state index in [1.54, 1.807) is 0 Å². The smallest absolute Gasteiger partial charge is 0.305 e. The van der Waals surface area contributed by atoms with Crippen LogP contribution in [0.5, 0.6) is 0 Å². The quantitative estimate of drug-likeness (QED) is 0.0773. The van der Waals surface area contributed by atoms with Gasteiger partial charge in [0, 0.05) is 26.2 Å². The maximum atomic E-state index is 10.4. The first kappa shape index (κ1) is 42.9. The van der Waals surface area contributed by atoms with Crippen molar-refractivity contribution >= 4 is 24.3 Å². The van der Waals surface area contributed by atoms with Gasteiger partial charge in [0.15, 0.2) is 0 Å². The van der Waals surface area contributed by atoms with Gasteiger partial charge < -0.3 is 58.6 Å². The lowest BCUT2D eigenvalue weighted by molar-refractivity contribution is -0.139. The van der Waals surface area contributed by atoms with Gasteiger partial charge in [0.25, 0.3) is 0 Å². The maximum Gasteiger partial charge on any atom is 0.305 e. The molecule has 0 aromatic carbocycles. The van der Waals surface area contributed by atoms with Crippen molar-refractivity contribution in [2.24, 2.45) is 5.73 Å². The van der Waals surface area contributed by atoms with Crippen molar-refractivity contribution in [3.8, 4) is 0 Å². The second kappa shape index (κ2) is 36.0. The van der Waals surface area contributed by atoms with E-state index in [1.165, 1.54) is 0 Å². The van der Waals surface area contributed by atoms with Gasteiger partial charge in [-0.15, -0.1) is 12.4 Å². The lowest BCUT2D eigenvalue weighted by atomic mass is 10.4. The minimum absolute atomic E-state index is 0. The number of rotatable bonds is 35. The minimum Gasteiger partial charge on any atom is -0.481 e. The number of aliphatic carboxylic acids is 2. The fourth-order valence-corrected chi connectivity index (χ4v) is 2.94. The van der Waals surface area contributed by atoms with Gasteiger partial charge in [-0.1, -0.05) is 0 Å². The summed E-state index contributed by atoms with van der Waals surface area (Å²) in [6.07, 6.45) is -0.0371. The highest BCUT2D eigenvalue weighted by Crippen LogP contribution is 1.93. The second-order valence-electron chi connectivity index (χ2n) is 8.43. The number of nitrogens with zero attached hydrogens (tertiary/aromatic N) is 1. The Kier molecular flexibility index (Phi) is 36.8. The van der Waals surface area contributed by atoms with Gasteiger partial charge >= 0.3 is 11.9 Å². The van der Waals surface area contributed by atoms with Crippen LogP contribution in [0.3, 0.4) is 0 Å². The summed E-state index contributed by atoms with van der Waals surface area (Å²) in [5.41, 5.74) is 5.36. The fourth-order valence-electron chi connectivity index (χ4n) is 2.94. The molecule has 0 atom stereocenters. The number of ether oxygens (including phenoxy) is 9. The molecule has 0 rings (SSSR count). The van der Waals surface area contributed by atoms with Crippen molar-refractivity contribution in [2.75, 3.05) is 145 Å². The van der Waals surface area contributed by atoms with Crippen LogP contribution in [0.25, 0.3) is 0 Å². The van der Waals surface area contributed by atoms with E-state index in [0.29, 0.717) is 132 Å². The van der Waals surface area contributed by atoms with Crippen molar-refractivity contribution in [1.82, 2.24) is 4.90 Å². The molecule has 0 aliphatic rings. The third-order valence-corrected chi connectivity index (χ3v) is 5.07. The van der Waals surface area contributed by atoms with Crippen LogP contribution in [-0.2, 0) is 52.2 Å². The van der Waals surface area contributed by atoms with Crippen molar-refractivity contribution < 1.29 is 62.4 Å². The van der Waals surface area contributed by atoms with Crippen LogP contribution in [-0.4, -0.2) is 172 Å². The molecule has 0 bridgehead atoms. The van der Waals surface area contributed by atoms with Gasteiger partial charge in [-0.2, -0.15) is 0 Å². The van der Waals surface area contributed by atoms with E-state index < -0.39 is 11.9 Å². The molecular formula is C26H53ClN2O13. The predicted octanol–water partition coefficient (Wildman–Crippen LogP) is -0.232. The number of carboxylic acids is 2. The Morgan fingerprint density at radius 1 is 0.429 bits per heavy atom. The monoisotopic (exact) mass is 636 g/mol. The molecule has 0 aliphatic carbocycles. The van der Waals surface area contributed by atoms with E-state index in [4.69, 9.17) is 58.6 Å². The molecule has 0 fully saturated rings. The zero-order chi connectivity index (χ0) is 30.1.